The van der Waals surface area contributed by atoms with Gasteiger partial charge in [-0.1, -0.05) is 12.1 Å². The first kappa shape index (κ1) is 20.1. The summed E-state index contributed by atoms with van der Waals surface area (Å²) in [5.41, 5.74) is -0.510. The molecule has 1 aromatic carbocycles. The van der Waals surface area contributed by atoms with Gasteiger partial charge in [-0.05, 0) is 26.3 Å². The molecule has 0 aromatic heterocycles. The number of carboxylic acid groups (broad SMARTS) is 1. The maximum absolute atomic E-state index is 14.2. The Morgan fingerprint density at radius 1 is 1.29 bits per heavy atom. The van der Waals surface area contributed by atoms with E-state index in [1.165, 1.54) is 0 Å². The number of rotatable bonds is 6. The van der Waals surface area contributed by atoms with Crippen molar-refractivity contribution < 1.29 is 27.8 Å². The molecule has 0 saturated heterocycles. The van der Waals surface area contributed by atoms with Crippen molar-refractivity contribution in [2.24, 2.45) is 0 Å². The summed E-state index contributed by atoms with van der Waals surface area (Å²) in [5.74, 6) is -6.62. The molecule has 1 aromatic rings. The number of carboxylic acids is 1. The number of non-ortho nitro benzene ring substituents is 1. The van der Waals surface area contributed by atoms with Gasteiger partial charge in [-0.15, -0.1) is 0 Å². The molecule has 134 valence electrons. The molecule has 1 N–H and O–H groups in total. The van der Waals surface area contributed by atoms with Crippen molar-refractivity contribution in [3.8, 4) is 0 Å². The topological polar surface area (TPSA) is 101 Å². The van der Waals surface area contributed by atoms with Crippen LogP contribution >= 0.6 is 0 Å². The highest BCUT2D eigenvalue weighted by molar-refractivity contribution is 7.84. The van der Waals surface area contributed by atoms with E-state index in [1.54, 1.807) is 20.8 Å². The molecule has 0 aliphatic carbocycles. The van der Waals surface area contributed by atoms with E-state index >= 15 is 0 Å². The molecule has 0 aliphatic rings. The molecule has 0 amide bonds. The smallest absolute Gasteiger partial charge is 0.376 e. The van der Waals surface area contributed by atoms with Gasteiger partial charge in [0.05, 0.1) is 9.67 Å². The van der Waals surface area contributed by atoms with Crippen LogP contribution in [0.15, 0.2) is 24.3 Å². The fourth-order valence-corrected chi connectivity index (χ4v) is 3.38. The van der Waals surface area contributed by atoms with E-state index in [0.717, 1.165) is 35.6 Å². The number of halogens is 2. The van der Waals surface area contributed by atoms with Gasteiger partial charge >= 0.3 is 11.9 Å². The minimum absolute atomic E-state index is 0.187. The maximum Gasteiger partial charge on any atom is 0.376 e. The summed E-state index contributed by atoms with van der Waals surface area (Å²) in [6, 6.07) is 2.02. The molecule has 2 atom stereocenters. The molecule has 0 fully saturated rings. The van der Waals surface area contributed by atoms with Crippen LogP contribution in [0.5, 0.6) is 0 Å². The van der Waals surface area contributed by atoms with Crippen LogP contribution in [0.2, 0.25) is 0 Å². The summed E-state index contributed by atoms with van der Waals surface area (Å²) in [6.45, 7) is 4.68. The lowest BCUT2D eigenvalue weighted by molar-refractivity contribution is -0.384. The molecule has 0 saturated carbocycles. The van der Waals surface area contributed by atoms with Gasteiger partial charge in [-0.3, -0.25) is 10.1 Å². The van der Waals surface area contributed by atoms with Gasteiger partial charge in [0.2, 0.25) is 0 Å². The lowest BCUT2D eigenvalue weighted by atomic mass is 10.0. The van der Waals surface area contributed by atoms with Crippen LogP contribution in [0.4, 0.5) is 14.5 Å². The van der Waals surface area contributed by atoms with E-state index in [4.69, 9.17) is 5.11 Å². The molecule has 1 rings (SSSR count). The van der Waals surface area contributed by atoms with Crippen molar-refractivity contribution in [1.82, 2.24) is 4.31 Å². The zero-order valence-electron chi connectivity index (χ0n) is 13.5. The number of nitro groups is 1. The first-order chi connectivity index (χ1) is 10.8. The molecule has 10 heteroatoms. The minimum atomic E-state index is -4.24. The average Bonchev–Trinajstić information content (AvgIpc) is 2.45. The Morgan fingerprint density at radius 3 is 2.08 bits per heavy atom. The highest BCUT2D eigenvalue weighted by Crippen LogP contribution is 2.39. The standard InChI is InChI=1S/C14H18F2N2O5S/c1-13(2,3)24(23)17(4)11(14(15,16)12(19)20)9-5-7-10(8-6-9)18(21)22/h5-8,11H,1-4H3,(H,19,20)/t11-,24-/m1/s1. The summed E-state index contributed by atoms with van der Waals surface area (Å²) < 4.78 is 40.8. The summed E-state index contributed by atoms with van der Waals surface area (Å²) in [6.07, 6.45) is 0. The predicted octanol–water partition coefficient (Wildman–Crippen LogP) is 2.75. The van der Waals surface area contributed by atoms with Crippen molar-refractivity contribution >= 4 is 22.6 Å². The van der Waals surface area contributed by atoms with E-state index in [1.807, 2.05) is 0 Å². The monoisotopic (exact) mass is 364 g/mol. The van der Waals surface area contributed by atoms with E-state index in [9.17, 15) is 27.9 Å². The molecule has 24 heavy (non-hydrogen) atoms. The van der Waals surface area contributed by atoms with Crippen molar-refractivity contribution in [2.45, 2.75) is 37.5 Å². The number of nitrogens with zero attached hydrogens (tertiary/aromatic N) is 2. The Balaban J connectivity index is 3.42. The SMILES string of the molecule is CN([C@H](c1ccc([N+](=O)[O-])cc1)C(F)(F)C(=O)O)[S@](=O)C(C)(C)C. The van der Waals surface area contributed by atoms with Crippen molar-refractivity contribution in [3.63, 3.8) is 0 Å². The normalized spacial score (nSPS) is 15.1. The summed E-state index contributed by atoms with van der Waals surface area (Å²) >= 11 is 0. The van der Waals surface area contributed by atoms with Crippen LogP contribution in [0.25, 0.3) is 0 Å². The number of hydrogen-bond donors (Lipinski definition) is 1. The van der Waals surface area contributed by atoms with Crippen LogP contribution < -0.4 is 0 Å². The first-order valence-corrected chi connectivity index (χ1v) is 7.91. The molecule has 0 aliphatic heterocycles. The maximum atomic E-state index is 14.2. The average molecular weight is 364 g/mol. The lowest BCUT2D eigenvalue weighted by Gasteiger charge is -2.35. The van der Waals surface area contributed by atoms with Gasteiger partial charge in [-0.2, -0.15) is 8.78 Å². The fourth-order valence-electron chi connectivity index (χ4n) is 2.07. The summed E-state index contributed by atoms with van der Waals surface area (Å²) in [7, 11) is -0.804. The molecule has 7 nitrogen and oxygen atoms in total. The van der Waals surface area contributed by atoms with E-state index in [2.05, 4.69) is 0 Å². The third-order valence-corrected chi connectivity index (χ3v) is 4.98. The number of aliphatic carboxylic acids is 1. The van der Waals surface area contributed by atoms with Crippen molar-refractivity contribution in [3.05, 3.63) is 39.9 Å². The van der Waals surface area contributed by atoms with Crippen LogP contribution in [0.3, 0.4) is 0 Å². The Morgan fingerprint density at radius 2 is 1.75 bits per heavy atom. The van der Waals surface area contributed by atoms with Crippen LogP contribution in [0.1, 0.15) is 32.4 Å². The Bertz CT molecular complexity index is 658. The second-order valence-electron chi connectivity index (χ2n) is 6.09. The molecule has 0 radical (unpaired) electrons. The van der Waals surface area contributed by atoms with Gasteiger partial charge < -0.3 is 5.11 Å². The summed E-state index contributed by atoms with van der Waals surface area (Å²) in [4.78, 5) is 21.0. The summed E-state index contributed by atoms with van der Waals surface area (Å²) in [5, 5.41) is 19.5. The van der Waals surface area contributed by atoms with Gasteiger partial charge in [0, 0.05) is 19.2 Å². The zero-order valence-corrected chi connectivity index (χ0v) is 14.3. The lowest BCUT2D eigenvalue weighted by Crippen LogP contribution is -2.47. The quantitative estimate of drug-likeness (QED) is 0.618. The minimum Gasteiger partial charge on any atom is -0.477 e. The first-order valence-electron chi connectivity index (χ1n) is 6.80. The largest absolute Gasteiger partial charge is 0.477 e. The van der Waals surface area contributed by atoms with Crippen LogP contribution in [-0.2, 0) is 15.8 Å². The Labute approximate surface area is 140 Å². The third kappa shape index (κ3) is 4.12. The van der Waals surface area contributed by atoms with Gasteiger partial charge in [0.1, 0.15) is 17.0 Å². The predicted molar refractivity (Wildman–Crippen MR) is 84.1 cm³/mol. The fraction of sp³-hybridized carbons (Fsp3) is 0.500. The van der Waals surface area contributed by atoms with E-state index in [-0.39, 0.29) is 11.3 Å². The second-order valence-corrected chi connectivity index (χ2v) is 8.39. The number of hydrogen-bond acceptors (Lipinski definition) is 4. The van der Waals surface area contributed by atoms with E-state index < -0.39 is 38.6 Å². The zero-order chi connectivity index (χ0) is 18.9. The van der Waals surface area contributed by atoms with Gasteiger partial charge in [0.25, 0.3) is 5.69 Å². The highest BCUT2D eigenvalue weighted by Gasteiger charge is 2.52. The van der Waals surface area contributed by atoms with Crippen molar-refractivity contribution in [1.29, 1.82) is 0 Å². The van der Waals surface area contributed by atoms with Crippen molar-refractivity contribution in [2.75, 3.05) is 7.05 Å². The molecule has 0 heterocycles. The molecule has 0 bridgehead atoms. The van der Waals surface area contributed by atoms with E-state index in [0.29, 0.717) is 0 Å². The molecule has 0 spiro atoms. The number of carbonyl (C=O) groups is 1. The third-order valence-electron chi connectivity index (χ3n) is 3.20. The van der Waals surface area contributed by atoms with Crippen LogP contribution in [0, 0.1) is 10.1 Å². The number of nitro benzene ring substituents is 1. The van der Waals surface area contributed by atoms with Crippen LogP contribution in [-0.4, -0.2) is 42.2 Å². The molecular weight excluding hydrogens is 346 g/mol. The van der Waals surface area contributed by atoms with Gasteiger partial charge in [0.15, 0.2) is 0 Å². The number of benzene rings is 1. The number of alkyl halides is 2. The molecule has 0 unspecified atom stereocenters. The molecular formula is C14H18F2N2O5S. The Hall–Kier alpha value is -1.94. The van der Waals surface area contributed by atoms with Gasteiger partial charge in [-0.25, -0.2) is 13.3 Å². The Kier molecular flexibility index (Phi) is 5.78. The highest BCUT2D eigenvalue weighted by atomic mass is 32.2. The second kappa shape index (κ2) is 6.89.